The van der Waals surface area contributed by atoms with Crippen LogP contribution in [-0.2, 0) is 12.0 Å². The van der Waals surface area contributed by atoms with Gasteiger partial charge in [-0.05, 0) is 36.8 Å². The largest absolute Gasteiger partial charge is 0.382 e. The van der Waals surface area contributed by atoms with E-state index in [9.17, 15) is 5.11 Å². The van der Waals surface area contributed by atoms with E-state index in [-0.39, 0.29) is 6.04 Å². The number of aliphatic hydroxyl groups is 1. The Morgan fingerprint density at radius 2 is 2.23 bits per heavy atom. The zero-order valence-corrected chi connectivity index (χ0v) is 13.0. The normalized spacial score (nSPS) is 36.1. The molecule has 0 amide bonds. The summed E-state index contributed by atoms with van der Waals surface area (Å²) in [5.74, 6) is 0.488. The van der Waals surface area contributed by atoms with E-state index < -0.39 is 5.60 Å². The molecule has 6 rings (SSSR count). The molecule has 114 valence electrons. The van der Waals surface area contributed by atoms with Crippen LogP contribution in [0.4, 0.5) is 0 Å². The van der Waals surface area contributed by atoms with Gasteiger partial charge in [0.15, 0.2) is 0 Å². The average Bonchev–Trinajstić information content (AvgIpc) is 2.88. The van der Waals surface area contributed by atoms with Crippen LogP contribution in [0.5, 0.6) is 0 Å². The van der Waals surface area contributed by atoms with Gasteiger partial charge in [0.1, 0.15) is 5.60 Å². The van der Waals surface area contributed by atoms with Gasteiger partial charge < -0.3 is 10.1 Å². The van der Waals surface area contributed by atoms with Crippen LogP contribution in [-0.4, -0.2) is 34.1 Å². The Kier molecular flexibility index (Phi) is 2.49. The maximum atomic E-state index is 11.7. The lowest BCUT2D eigenvalue weighted by Gasteiger charge is -2.52. The lowest BCUT2D eigenvalue weighted by Crippen LogP contribution is -2.60. The lowest BCUT2D eigenvalue weighted by molar-refractivity contribution is -0.0933. The van der Waals surface area contributed by atoms with Crippen LogP contribution >= 0.6 is 0 Å². The van der Waals surface area contributed by atoms with Crippen LogP contribution in [0.15, 0.2) is 35.9 Å². The summed E-state index contributed by atoms with van der Waals surface area (Å²) in [4.78, 5) is 6.10. The maximum absolute atomic E-state index is 11.7. The number of rotatable bonds is 1. The summed E-state index contributed by atoms with van der Waals surface area (Å²) < 4.78 is 0. The summed E-state index contributed by atoms with van der Waals surface area (Å²) in [6.07, 6.45) is 5.36. The molecule has 3 aliphatic heterocycles. The van der Waals surface area contributed by atoms with Gasteiger partial charge in [0.25, 0.3) is 0 Å². The van der Waals surface area contributed by atoms with Crippen LogP contribution in [0.25, 0.3) is 10.9 Å². The maximum Gasteiger partial charge on any atom is 0.124 e. The second kappa shape index (κ2) is 4.24. The summed E-state index contributed by atoms with van der Waals surface area (Å²) >= 11 is 0. The first kappa shape index (κ1) is 12.9. The molecule has 3 nitrogen and oxygen atoms in total. The minimum Gasteiger partial charge on any atom is -0.382 e. The van der Waals surface area contributed by atoms with Crippen LogP contribution in [0.2, 0.25) is 0 Å². The van der Waals surface area contributed by atoms with Crippen molar-refractivity contribution in [2.24, 2.45) is 5.92 Å². The number of aromatic nitrogens is 1. The van der Waals surface area contributed by atoms with Crippen molar-refractivity contribution in [2.45, 2.75) is 37.8 Å². The van der Waals surface area contributed by atoms with Crippen LogP contribution in [0, 0.1) is 5.92 Å². The molecule has 0 spiro atoms. The van der Waals surface area contributed by atoms with Crippen molar-refractivity contribution in [2.75, 3.05) is 13.1 Å². The predicted octanol–water partition coefficient (Wildman–Crippen LogP) is 2.95. The van der Waals surface area contributed by atoms with E-state index in [1.165, 1.54) is 16.5 Å². The molecule has 4 atom stereocenters. The fourth-order valence-corrected chi connectivity index (χ4v) is 5.19. The highest BCUT2D eigenvalue weighted by molar-refractivity contribution is 5.85. The fraction of sp³-hybridized carbons (Fsp3) is 0.474. The van der Waals surface area contributed by atoms with E-state index in [0.29, 0.717) is 5.92 Å². The molecule has 0 radical (unpaired) electrons. The smallest absolute Gasteiger partial charge is 0.124 e. The van der Waals surface area contributed by atoms with Crippen LogP contribution in [0.1, 0.15) is 31.0 Å². The Hall–Kier alpha value is -1.58. The van der Waals surface area contributed by atoms with Gasteiger partial charge in [-0.3, -0.25) is 4.90 Å². The number of fused-ring (bicyclic) bond motifs is 3. The standard InChI is InChI=1S/C19H22N2O/c1-2-13-9-12-10-19(22)17-15(7-8-21(11-12)18(13)19)14-5-3-4-6-16(14)20-17/h3-6,9,12,18,20,22H,2,7-8,10-11H2,1H3. The van der Waals surface area contributed by atoms with Crippen molar-refractivity contribution < 1.29 is 5.11 Å². The molecule has 4 bridgehead atoms. The van der Waals surface area contributed by atoms with Crippen molar-refractivity contribution in [3.05, 3.63) is 47.2 Å². The summed E-state index contributed by atoms with van der Waals surface area (Å²) in [5.41, 5.74) is 4.27. The molecule has 1 saturated heterocycles. The third kappa shape index (κ3) is 1.48. The molecule has 1 aromatic carbocycles. The van der Waals surface area contributed by atoms with Crippen molar-refractivity contribution in [1.82, 2.24) is 9.88 Å². The topological polar surface area (TPSA) is 39.3 Å². The Morgan fingerprint density at radius 1 is 1.36 bits per heavy atom. The first-order valence-electron chi connectivity index (χ1n) is 8.48. The molecule has 2 N–H and O–H groups in total. The van der Waals surface area contributed by atoms with Gasteiger partial charge in [-0.2, -0.15) is 0 Å². The molecule has 0 saturated carbocycles. The van der Waals surface area contributed by atoms with Crippen molar-refractivity contribution in [3.63, 3.8) is 0 Å². The van der Waals surface area contributed by atoms with Gasteiger partial charge in [-0.25, -0.2) is 0 Å². The first-order valence-corrected chi connectivity index (χ1v) is 8.48. The molecule has 1 aliphatic carbocycles. The Labute approximate surface area is 130 Å². The average molecular weight is 294 g/mol. The van der Waals surface area contributed by atoms with Crippen molar-refractivity contribution in [3.8, 4) is 0 Å². The molecular formula is C19H22N2O. The van der Waals surface area contributed by atoms with E-state index in [4.69, 9.17) is 0 Å². The number of hydrogen-bond acceptors (Lipinski definition) is 2. The summed E-state index contributed by atoms with van der Waals surface area (Å²) in [6, 6.07) is 8.65. The lowest BCUT2D eigenvalue weighted by atomic mass is 9.68. The van der Waals surface area contributed by atoms with E-state index in [2.05, 4.69) is 47.1 Å². The number of benzene rings is 1. The minimum atomic E-state index is -0.742. The molecule has 4 heterocycles. The van der Waals surface area contributed by atoms with Crippen LogP contribution < -0.4 is 0 Å². The number of piperidine rings is 1. The highest BCUT2D eigenvalue weighted by Crippen LogP contribution is 2.50. The summed E-state index contributed by atoms with van der Waals surface area (Å²) in [7, 11) is 0. The fourth-order valence-electron chi connectivity index (χ4n) is 5.19. The van der Waals surface area contributed by atoms with E-state index in [0.717, 1.165) is 43.6 Å². The Balaban J connectivity index is 1.78. The molecule has 1 aromatic heterocycles. The minimum absolute atomic E-state index is 0.164. The SMILES string of the molecule is CCC1=CC2CN3CCc4c([nH]c5ccccc45)C(O)(C2)C13. The molecule has 3 heteroatoms. The second-order valence-electron chi connectivity index (χ2n) is 7.16. The highest BCUT2D eigenvalue weighted by atomic mass is 16.3. The molecule has 22 heavy (non-hydrogen) atoms. The van der Waals surface area contributed by atoms with Gasteiger partial charge in [-0.1, -0.05) is 36.8 Å². The molecule has 4 aliphatic rings. The molecule has 4 unspecified atom stereocenters. The number of nitrogens with one attached hydrogen (secondary N) is 1. The monoisotopic (exact) mass is 294 g/mol. The van der Waals surface area contributed by atoms with Crippen molar-refractivity contribution in [1.29, 1.82) is 0 Å². The molecular weight excluding hydrogens is 272 g/mol. The number of aromatic amines is 1. The molecule has 2 aromatic rings. The number of hydrogen-bond donors (Lipinski definition) is 2. The zero-order valence-electron chi connectivity index (χ0n) is 13.0. The Bertz CT molecular complexity index is 790. The van der Waals surface area contributed by atoms with Gasteiger partial charge in [0, 0.05) is 24.0 Å². The number of para-hydroxylation sites is 1. The van der Waals surface area contributed by atoms with Crippen molar-refractivity contribution >= 4 is 10.9 Å². The third-order valence-electron chi connectivity index (χ3n) is 5.96. The quantitative estimate of drug-likeness (QED) is 0.794. The van der Waals surface area contributed by atoms with Crippen LogP contribution in [0.3, 0.4) is 0 Å². The third-order valence-corrected chi connectivity index (χ3v) is 5.96. The highest BCUT2D eigenvalue weighted by Gasteiger charge is 2.54. The van der Waals surface area contributed by atoms with Gasteiger partial charge in [0.2, 0.25) is 0 Å². The van der Waals surface area contributed by atoms with Gasteiger partial charge in [-0.15, -0.1) is 0 Å². The summed E-state index contributed by atoms with van der Waals surface area (Å²) in [6.45, 7) is 4.38. The first-order chi connectivity index (χ1) is 10.7. The summed E-state index contributed by atoms with van der Waals surface area (Å²) in [5, 5.41) is 13.0. The second-order valence-corrected chi connectivity index (χ2v) is 7.16. The van der Waals surface area contributed by atoms with Gasteiger partial charge in [0.05, 0.1) is 11.7 Å². The predicted molar refractivity (Wildman–Crippen MR) is 87.7 cm³/mol. The molecule has 1 fully saturated rings. The van der Waals surface area contributed by atoms with Gasteiger partial charge >= 0.3 is 0 Å². The Morgan fingerprint density at radius 3 is 3.09 bits per heavy atom. The zero-order chi connectivity index (χ0) is 14.9. The van der Waals surface area contributed by atoms with E-state index in [1.807, 2.05) is 0 Å². The number of H-pyrrole nitrogens is 1. The van der Waals surface area contributed by atoms with E-state index >= 15 is 0 Å². The van der Waals surface area contributed by atoms with E-state index in [1.54, 1.807) is 0 Å². The number of nitrogens with zero attached hydrogens (tertiary/aromatic N) is 1.